The van der Waals surface area contributed by atoms with Crippen molar-refractivity contribution in [3.05, 3.63) is 59.7 Å². The lowest BCUT2D eigenvalue weighted by molar-refractivity contribution is -0.117. The zero-order valence-electron chi connectivity index (χ0n) is 15.0. The second-order valence-electron chi connectivity index (χ2n) is 6.42. The molecule has 0 aliphatic carbocycles. The number of hydrogen-bond acceptors (Lipinski definition) is 3. The van der Waals surface area contributed by atoms with Gasteiger partial charge in [-0.15, -0.1) is 0 Å². The summed E-state index contributed by atoms with van der Waals surface area (Å²) in [5, 5.41) is 5.71. The summed E-state index contributed by atoms with van der Waals surface area (Å²) >= 11 is 0. The van der Waals surface area contributed by atoms with Crippen LogP contribution in [0.3, 0.4) is 0 Å². The van der Waals surface area contributed by atoms with E-state index in [2.05, 4.69) is 10.6 Å². The van der Waals surface area contributed by atoms with Crippen LogP contribution in [0.4, 0.5) is 10.5 Å². The lowest BCUT2D eigenvalue weighted by Gasteiger charge is -2.17. The highest BCUT2D eigenvalue weighted by molar-refractivity contribution is 5.96. The number of amides is 3. The Bertz CT molecular complexity index is 772. The van der Waals surface area contributed by atoms with Crippen LogP contribution in [0.1, 0.15) is 17.5 Å². The number of methoxy groups -OCH3 is 1. The SMILES string of the molecule is COc1ccc(N2C[C@@H](NC(=O)NCc3ccc(C)cc3)CC2=O)cc1. The van der Waals surface area contributed by atoms with Gasteiger partial charge < -0.3 is 20.3 Å². The molecule has 3 rings (SSSR count). The third kappa shape index (κ3) is 4.33. The number of aryl methyl sites for hydroxylation is 1. The number of urea groups is 1. The highest BCUT2D eigenvalue weighted by Crippen LogP contribution is 2.24. The van der Waals surface area contributed by atoms with E-state index in [1.54, 1.807) is 12.0 Å². The van der Waals surface area contributed by atoms with Gasteiger partial charge in [0.05, 0.1) is 13.2 Å². The molecule has 0 aromatic heterocycles. The molecule has 0 saturated carbocycles. The van der Waals surface area contributed by atoms with Gasteiger partial charge in [-0.3, -0.25) is 4.79 Å². The molecule has 3 amide bonds. The standard InChI is InChI=1S/C20H23N3O3/c1-14-3-5-15(6-4-14)12-21-20(25)22-16-11-19(24)23(13-16)17-7-9-18(26-2)10-8-17/h3-10,16H,11-13H2,1-2H3,(H2,21,22,25)/t16-/m0/s1. The van der Waals surface area contributed by atoms with Crippen LogP contribution >= 0.6 is 0 Å². The molecule has 0 radical (unpaired) electrons. The molecule has 26 heavy (non-hydrogen) atoms. The Morgan fingerprint density at radius 3 is 2.50 bits per heavy atom. The molecule has 0 spiro atoms. The number of nitrogens with zero attached hydrogens (tertiary/aromatic N) is 1. The summed E-state index contributed by atoms with van der Waals surface area (Å²) in [6.07, 6.45) is 0.296. The van der Waals surface area contributed by atoms with E-state index in [0.717, 1.165) is 17.0 Å². The molecule has 6 heteroatoms. The van der Waals surface area contributed by atoms with Gasteiger partial charge >= 0.3 is 6.03 Å². The fourth-order valence-corrected chi connectivity index (χ4v) is 2.94. The minimum absolute atomic E-state index is 0.000925. The maximum absolute atomic E-state index is 12.3. The fourth-order valence-electron chi connectivity index (χ4n) is 2.94. The van der Waals surface area contributed by atoms with Gasteiger partial charge in [-0.05, 0) is 36.8 Å². The first-order valence-corrected chi connectivity index (χ1v) is 8.59. The number of carbonyl (C=O) groups excluding carboxylic acids is 2. The summed E-state index contributed by atoms with van der Waals surface area (Å²) in [4.78, 5) is 26.0. The predicted octanol–water partition coefficient (Wildman–Crippen LogP) is 2.61. The normalized spacial score (nSPS) is 16.5. The second-order valence-corrected chi connectivity index (χ2v) is 6.42. The summed E-state index contributed by atoms with van der Waals surface area (Å²) in [6, 6.07) is 14.8. The Labute approximate surface area is 153 Å². The van der Waals surface area contributed by atoms with Gasteiger partial charge in [0, 0.05) is 25.2 Å². The van der Waals surface area contributed by atoms with E-state index in [0.29, 0.717) is 19.5 Å². The van der Waals surface area contributed by atoms with Crippen LogP contribution in [0.25, 0.3) is 0 Å². The first kappa shape index (κ1) is 17.8. The molecule has 6 nitrogen and oxygen atoms in total. The highest BCUT2D eigenvalue weighted by atomic mass is 16.5. The van der Waals surface area contributed by atoms with Crippen molar-refractivity contribution < 1.29 is 14.3 Å². The number of rotatable bonds is 5. The summed E-state index contributed by atoms with van der Waals surface area (Å²) in [5.41, 5.74) is 3.02. The van der Waals surface area contributed by atoms with E-state index in [9.17, 15) is 9.59 Å². The van der Waals surface area contributed by atoms with Gasteiger partial charge in [0.1, 0.15) is 5.75 Å². The van der Waals surface area contributed by atoms with Crippen LogP contribution in [-0.4, -0.2) is 31.6 Å². The zero-order valence-corrected chi connectivity index (χ0v) is 15.0. The van der Waals surface area contributed by atoms with Crippen molar-refractivity contribution >= 4 is 17.6 Å². The number of carbonyl (C=O) groups is 2. The second kappa shape index (κ2) is 7.91. The summed E-state index contributed by atoms with van der Waals surface area (Å²) in [5.74, 6) is 0.740. The van der Waals surface area contributed by atoms with Crippen LogP contribution in [-0.2, 0) is 11.3 Å². The fraction of sp³-hybridized carbons (Fsp3) is 0.300. The molecular formula is C20H23N3O3. The van der Waals surface area contributed by atoms with Gasteiger partial charge in [-0.1, -0.05) is 29.8 Å². The molecule has 1 heterocycles. The number of hydrogen-bond donors (Lipinski definition) is 2. The van der Waals surface area contributed by atoms with Crippen LogP contribution in [0.5, 0.6) is 5.75 Å². The molecule has 2 aromatic rings. The van der Waals surface area contributed by atoms with E-state index in [1.165, 1.54) is 5.56 Å². The quantitative estimate of drug-likeness (QED) is 0.868. The minimum Gasteiger partial charge on any atom is -0.497 e. The molecule has 1 aliphatic heterocycles. The lowest BCUT2D eigenvalue weighted by atomic mass is 10.1. The maximum atomic E-state index is 12.3. The van der Waals surface area contributed by atoms with E-state index in [1.807, 2.05) is 55.5 Å². The molecule has 0 unspecified atom stereocenters. The first-order valence-electron chi connectivity index (χ1n) is 8.59. The Morgan fingerprint density at radius 2 is 1.85 bits per heavy atom. The molecule has 2 aromatic carbocycles. The predicted molar refractivity (Wildman–Crippen MR) is 100 cm³/mol. The summed E-state index contributed by atoms with van der Waals surface area (Å²) < 4.78 is 5.13. The van der Waals surface area contributed by atoms with Crippen molar-refractivity contribution in [2.45, 2.75) is 25.9 Å². The molecule has 1 saturated heterocycles. The average molecular weight is 353 g/mol. The summed E-state index contributed by atoms with van der Waals surface area (Å²) in [6.45, 7) is 2.94. The largest absolute Gasteiger partial charge is 0.497 e. The van der Waals surface area contributed by atoms with Gasteiger partial charge in [0.25, 0.3) is 0 Å². The number of nitrogens with one attached hydrogen (secondary N) is 2. The number of ether oxygens (including phenoxy) is 1. The van der Waals surface area contributed by atoms with Crippen molar-refractivity contribution in [1.82, 2.24) is 10.6 Å². The topological polar surface area (TPSA) is 70.7 Å². The Balaban J connectivity index is 1.51. The molecule has 1 atom stereocenters. The van der Waals surface area contributed by atoms with Crippen molar-refractivity contribution in [2.24, 2.45) is 0 Å². The first-order chi connectivity index (χ1) is 12.5. The smallest absolute Gasteiger partial charge is 0.315 e. The molecule has 2 N–H and O–H groups in total. The van der Waals surface area contributed by atoms with E-state index in [4.69, 9.17) is 4.74 Å². The minimum atomic E-state index is -0.264. The molecule has 0 bridgehead atoms. The van der Waals surface area contributed by atoms with Crippen LogP contribution in [0, 0.1) is 6.92 Å². The van der Waals surface area contributed by atoms with Gasteiger partial charge in [0.15, 0.2) is 0 Å². The molecule has 136 valence electrons. The van der Waals surface area contributed by atoms with E-state index >= 15 is 0 Å². The van der Waals surface area contributed by atoms with Gasteiger partial charge in [0.2, 0.25) is 5.91 Å². The Kier molecular flexibility index (Phi) is 5.41. The van der Waals surface area contributed by atoms with Crippen LogP contribution < -0.4 is 20.3 Å². The van der Waals surface area contributed by atoms with Crippen LogP contribution in [0.15, 0.2) is 48.5 Å². The lowest BCUT2D eigenvalue weighted by Crippen LogP contribution is -2.43. The van der Waals surface area contributed by atoms with Crippen molar-refractivity contribution in [1.29, 1.82) is 0 Å². The van der Waals surface area contributed by atoms with E-state index in [-0.39, 0.29) is 18.0 Å². The number of benzene rings is 2. The Morgan fingerprint density at radius 1 is 1.15 bits per heavy atom. The third-order valence-electron chi connectivity index (χ3n) is 4.42. The summed E-state index contributed by atoms with van der Waals surface area (Å²) in [7, 11) is 1.60. The Hall–Kier alpha value is -3.02. The maximum Gasteiger partial charge on any atom is 0.315 e. The highest BCUT2D eigenvalue weighted by Gasteiger charge is 2.31. The average Bonchev–Trinajstić information content (AvgIpc) is 3.01. The van der Waals surface area contributed by atoms with Crippen molar-refractivity contribution in [3.63, 3.8) is 0 Å². The van der Waals surface area contributed by atoms with Crippen molar-refractivity contribution in [2.75, 3.05) is 18.6 Å². The third-order valence-corrected chi connectivity index (χ3v) is 4.42. The van der Waals surface area contributed by atoms with Crippen LogP contribution in [0.2, 0.25) is 0 Å². The zero-order chi connectivity index (χ0) is 18.5. The molecule has 1 aliphatic rings. The van der Waals surface area contributed by atoms with Gasteiger partial charge in [-0.25, -0.2) is 4.79 Å². The number of anilines is 1. The monoisotopic (exact) mass is 353 g/mol. The van der Waals surface area contributed by atoms with Crippen molar-refractivity contribution in [3.8, 4) is 5.75 Å². The van der Waals surface area contributed by atoms with Gasteiger partial charge in [-0.2, -0.15) is 0 Å². The van der Waals surface area contributed by atoms with E-state index < -0.39 is 0 Å². The molecular weight excluding hydrogens is 330 g/mol. The molecule has 1 fully saturated rings.